The maximum Gasteiger partial charge on any atom is 0.192 e. The standard InChI is InChI=1S/C22H38O6Si/c1-22(2,3)29(7,8)27-15-17-18(23-4)19(24-5)20(21(25-6)28-17)26-14-16-12-10-9-11-13-16/h9-13,17-21H,14-15H2,1-8H3/t17-,18-,19+,20-,21+/m1/s1. The molecular weight excluding hydrogens is 388 g/mol. The van der Waals surface area contributed by atoms with Gasteiger partial charge in [-0.1, -0.05) is 51.1 Å². The molecule has 5 atom stereocenters. The summed E-state index contributed by atoms with van der Waals surface area (Å²) in [6.45, 7) is 12.0. The summed E-state index contributed by atoms with van der Waals surface area (Å²) in [5.74, 6) is 0. The summed E-state index contributed by atoms with van der Waals surface area (Å²) in [5, 5.41) is 0.118. The Balaban J connectivity index is 2.11. The van der Waals surface area contributed by atoms with Crippen molar-refractivity contribution in [3.63, 3.8) is 0 Å². The minimum absolute atomic E-state index is 0.118. The van der Waals surface area contributed by atoms with Crippen molar-refractivity contribution in [3.05, 3.63) is 35.9 Å². The van der Waals surface area contributed by atoms with Gasteiger partial charge in [-0.3, -0.25) is 0 Å². The van der Waals surface area contributed by atoms with Gasteiger partial charge < -0.3 is 28.1 Å². The summed E-state index contributed by atoms with van der Waals surface area (Å²) in [7, 11) is 3.03. The van der Waals surface area contributed by atoms with Gasteiger partial charge in [-0.2, -0.15) is 0 Å². The van der Waals surface area contributed by atoms with E-state index in [1.165, 1.54) is 0 Å². The van der Waals surface area contributed by atoms with Crippen LogP contribution in [0.15, 0.2) is 30.3 Å². The predicted octanol–water partition coefficient (Wildman–Crippen LogP) is 3.99. The van der Waals surface area contributed by atoms with E-state index in [0.29, 0.717) is 13.2 Å². The van der Waals surface area contributed by atoms with Crippen LogP contribution in [0, 0.1) is 0 Å². The van der Waals surface area contributed by atoms with Crippen molar-refractivity contribution in [1.29, 1.82) is 0 Å². The molecule has 0 bridgehead atoms. The molecule has 1 heterocycles. The van der Waals surface area contributed by atoms with Crippen molar-refractivity contribution in [2.45, 2.75) is 76.2 Å². The predicted molar refractivity (Wildman–Crippen MR) is 115 cm³/mol. The molecule has 0 unspecified atom stereocenters. The highest BCUT2D eigenvalue weighted by Crippen LogP contribution is 2.37. The normalized spacial score (nSPS) is 28.5. The van der Waals surface area contributed by atoms with Gasteiger partial charge in [0.15, 0.2) is 14.6 Å². The Hall–Kier alpha value is -0.803. The smallest absolute Gasteiger partial charge is 0.192 e. The molecule has 0 spiro atoms. The van der Waals surface area contributed by atoms with Crippen LogP contribution in [0.2, 0.25) is 18.1 Å². The Labute approximate surface area is 176 Å². The number of hydrogen-bond donors (Lipinski definition) is 0. The summed E-state index contributed by atoms with van der Waals surface area (Å²) in [5.41, 5.74) is 1.08. The first kappa shape index (κ1) is 24.5. The molecule has 1 fully saturated rings. The average Bonchev–Trinajstić information content (AvgIpc) is 2.69. The van der Waals surface area contributed by atoms with Crippen molar-refractivity contribution in [1.82, 2.24) is 0 Å². The van der Waals surface area contributed by atoms with Gasteiger partial charge in [0, 0.05) is 21.3 Å². The van der Waals surface area contributed by atoms with Gasteiger partial charge in [0.05, 0.1) is 13.2 Å². The average molecular weight is 427 g/mol. The van der Waals surface area contributed by atoms with E-state index < -0.39 is 20.7 Å². The summed E-state index contributed by atoms with van der Waals surface area (Å²) in [4.78, 5) is 0. The van der Waals surface area contributed by atoms with Crippen LogP contribution in [0.1, 0.15) is 26.3 Å². The first-order valence-corrected chi connectivity index (χ1v) is 13.1. The van der Waals surface area contributed by atoms with Crippen molar-refractivity contribution >= 4 is 8.32 Å². The second-order valence-electron chi connectivity index (χ2n) is 9.01. The quantitative estimate of drug-likeness (QED) is 0.557. The van der Waals surface area contributed by atoms with Gasteiger partial charge in [0.2, 0.25) is 0 Å². The fourth-order valence-electron chi connectivity index (χ4n) is 3.21. The number of methoxy groups -OCH3 is 3. The van der Waals surface area contributed by atoms with Gasteiger partial charge in [0.1, 0.15) is 24.4 Å². The molecule has 6 nitrogen and oxygen atoms in total. The zero-order valence-electron chi connectivity index (χ0n) is 19.1. The molecule has 0 N–H and O–H groups in total. The molecule has 1 aliphatic rings. The minimum Gasteiger partial charge on any atom is -0.414 e. The molecule has 0 aliphatic carbocycles. The largest absolute Gasteiger partial charge is 0.414 e. The van der Waals surface area contributed by atoms with Gasteiger partial charge in [-0.15, -0.1) is 0 Å². The van der Waals surface area contributed by atoms with Gasteiger partial charge >= 0.3 is 0 Å². The highest BCUT2D eigenvalue weighted by atomic mass is 28.4. The molecule has 2 rings (SSSR count). The van der Waals surface area contributed by atoms with Crippen molar-refractivity contribution in [3.8, 4) is 0 Å². The van der Waals surface area contributed by atoms with E-state index >= 15 is 0 Å². The maximum atomic E-state index is 6.40. The lowest BCUT2D eigenvalue weighted by Crippen LogP contribution is -2.61. The van der Waals surface area contributed by atoms with Crippen LogP contribution in [0.5, 0.6) is 0 Å². The Bertz CT molecular complexity index is 603. The second kappa shape index (κ2) is 10.5. The zero-order valence-corrected chi connectivity index (χ0v) is 20.1. The lowest BCUT2D eigenvalue weighted by molar-refractivity contribution is -0.311. The molecule has 0 saturated carbocycles. The van der Waals surface area contributed by atoms with Gasteiger partial charge in [-0.25, -0.2) is 0 Å². The van der Waals surface area contributed by atoms with Crippen molar-refractivity contribution < 1.29 is 28.1 Å². The molecule has 7 heteroatoms. The molecule has 29 heavy (non-hydrogen) atoms. The van der Waals surface area contributed by atoms with E-state index in [9.17, 15) is 0 Å². The molecule has 166 valence electrons. The van der Waals surface area contributed by atoms with Crippen molar-refractivity contribution in [2.75, 3.05) is 27.9 Å². The molecular formula is C22H38O6Si. The summed E-state index contributed by atoms with van der Waals surface area (Å²) in [6.07, 6.45) is -1.95. The molecule has 1 aromatic rings. The highest BCUT2D eigenvalue weighted by Gasteiger charge is 2.49. The van der Waals surface area contributed by atoms with Crippen LogP contribution >= 0.6 is 0 Å². The van der Waals surface area contributed by atoms with Crippen molar-refractivity contribution in [2.24, 2.45) is 0 Å². The number of hydrogen-bond acceptors (Lipinski definition) is 6. The van der Waals surface area contributed by atoms with E-state index in [2.05, 4.69) is 33.9 Å². The van der Waals surface area contributed by atoms with E-state index in [1.54, 1.807) is 21.3 Å². The van der Waals surface area contributed by atoms with E-state index in [0.717, 1.165) is 5.56 Å². The summed E-state index contributed by atoms with van der Waals surface area (Å²) < 4.78 is 36.0. The third-order valence-electron chi connectivity index (χ3n) is 6.07. The summed E-state index contributed by atoms with van der Waals surface area (Å²) >= 11 is 0. The maximum absolute atomic E-state index is 6.40. The Morgan fingerprint density at radius 3 is 2.03 bits per heavy atom. The summed E-state index contributed by atoms with van der Waals surface area (Å²) in [6, 6.07) is 10.0. The van der Waals surface area contributed by atoms with E-state index in [-0.39, 0.29) is 23.4 Å². The lowest BCUT2D eigenvalue weighted by atomic mass is 9.98. The van der Waals surface area contributed by atoms with Crippen LogP contribution in [0.25, 0.3) is 0 Å². The first-order valence-electron chi connectivity index (χ1n) is 10.2. The molecule has 1 aliphatic heterocycles. The lowest BCUT2D eigenvalue weighted by Gasteiger charge is -2.46. The molecule has 0 amide bonds. The third-order valence-corrected chi connectivity index (χ3v) is 10.6. The van der Waals surface area contributed by atoms with E-state index in [1.807, 2.05) is 30.3 Å². The first-order chi connectivity index (χ1) is 13.6. The van der Waals surface area contributed by atoms with Gasteiger partial charge in [-0.05, 0) is 23.7 Å². The number of benzene rings is 1. The SMILES string of the molecule is CO[C@H]1O[C@H](CO[Si](C)(C)C(C)(C)C)[C@@H](OC)[C@H](OC)[C@H]1OCc1ccccc1. The minimum atomic E-state index is -1.92. The number of ether oxygens (including phenoxy) is 5. The van der Waals surface area contributed by atoms with E-state index in [4.69, 9.17) is 28.1 Å². The Kier molecular flexibility index (Phi) is 8.84. The van der Waals surface area contributed by atoms with Crippen LogP contribution in [-0.4, -0.2) is 67.0 Å². The van der Waals surface area contributed by atoms with Gasteiger partial charge in [0.25, 0.3) is 0 Å². The molecule has 0 radical (unpaired) electrons. The second-order valence-corrected chi connectivity index (χ2v) is 13.8. The third kappa shape index (κ3) is 6.10. The zero-order chi connectivity index (χ0) is 21.7. The highest BCUT2D eigenvalue weighted by molar-refractivity contribution is 6.74. The Morgan fingerprint density at radius 1 is 0.897 bits per heavy atom. The molecule has 0 aromatic heterocycles. The topological polar surface area (TPSA) is 55.4 Å². The van der Waals surface area contributed by atoms with Crippen LogP contribution in [0.4, 0.5) is 0 Å². The molecule has 1 saturated heterocycles. The fraction of sp³-hybridized carbons (Fsp3) is 0.727. The Morgan fingerprint density at radius 2 is 1.52 bits per heavy atom. The monoisotopic (exact) mass is 426 g/mol. The molecule has 1 aromatic carbocycles. The van der Waals surface area contributed by atoms with Crippen LogP contribution in [0.3, 0.4) is 0 Å². The van der Waals surface area contributed by atoms with Crippen LogP contribution in [-0.2, 0) is 34.7 Å². The van der Waals surface area contributed by atoms with Crippen LogP contribution < -0.4 is 0 Å². The number of rotatable bonds is 9. The fourth-order valence-corrected chi connectivity index (χ4v) is 4.22.